The van der Waals surface area contributed by atoms with Crippen molar-refractivity contribution in [2.24, 2.45) is 0 Å². The second-order valence-corrected chi connectivity index (χ2v) is 5.37. The van der Waals surface area contributed by atoms with Gasteiger partial charge in [0.2, 0.25) is 5.91 Å². The highest BCUT2D eigenvalue weighted by molar-refractivity contribution is 5.78. The molecule has 0 fully saturated rings. The number of amides is 1. The lowest BCUT2D eigenvalue weighted by Gasteiger charge is -2.27. The molecule has 0 heterocycles. The third-order valence-electron chi connectivity index (χ3n) is 3.73. The molecule has 0 aliphatic rings. The van der Waals surface area contributed by atoms with Crippen LogP contribution in [0, 0.1) is 5.82 Å². The molecule has 2 aromatic rings. The zero-order valence-electron chi connectivity index (χ0n) is 12.9. The van der Waals surface area contributed by atoms with Crippen molar-refractivity contribution in [2.75, 3.05) is 18.5 Å². The van der Waals surface area contributed by atoms with E-state index >= 15 is 0 Å². The number of hydrogen-bond donors (Lipinski definition) is 1. The van der Waals surface area contributed by atoms with Crippen LogP contribution in [0.15, 0.2) is 54.6 Å². The highest BCUT2D eigenvalue weighted by Crippen LogP contribution is 2.13. The number of likely N-dealkylation sites (N-methyl/N-ethyl adjacent to an activating group) is 1. The molecule has 0 saturated carbocycles. The molecule has 0 aliphatic heterocycles. The monoisotopic (exact) mass is 300 g/mol. The van der Waals surface area contributed by atoms with Crippen LogP contribution in [0.3, 0.4) is 0 Å². The van der Waals surface area contributed by atoms with Gasteiger partial charge in [-0.15, -0.1) is 0 Å². The van der Waals surface area contributed by atoms with Gasteiger partial charge < -0.3 is 10.2 Å². The van der Waals surface area contributed by atoms with Crippen molar-refractivity contribution in [1.82, 2.24) is 5.32 Å². The molecule has 1 N–H and O–H groups in total. The van der Waals surface area contributed by atoms with Crippen LogP contribution in [0.1, 0.15) is 12.5 Å². The summed E-state index contributed by atoms with van der Waals surface area (Å²) in [5, 5.41) is 2.86. The quantitative estimate of drug-likeness (QED) is 0.889. The fourth-order valence-corrected chi connectivity index (χ4v) is 2.19. The Labute approximate surface area is 130 Å². The topological polar surface area (TPSA) is 32.3 Å². The normalized spacial score (nSPS) is 11.8. The lowest BCUT2D eigenvalue weighted by molar-refractivity contribution is -0.120. The van der Waals surface area contributed by atoms with E-state index in [1.165, 1.54) is 6.07 Å². The van der Waals surface area contributed by atoms with E-state index in [0.717, 1.165) is 5.69 Å². The summed E-state index contributed by atoms with van der Waals surface area (Å²) in [5.41, 5.74) is 1.52. The number of para-hydroxylation sites is 1. The van der Waals surface area contributed by atoms with E-state index in [-0.39, 0.29) is 24.2 Å². The average molecular weight is 300 g/mol. The van der Waals surface area contributed by atoms with Gasteiger partial charge in [-0.2, -0.15) is 0 Å². The fourth-order valence-electron chi connectivity index (χ4n) is 2.19. The van der Waals surface area contributed by atoms with Crippen molar-refractivity contribution in [1.29, 1.82) is 0 Å². The highest BCUT2D eigenvalue weighted by Gasteiger charge is 2.12. The Morgan fingerprint density at radius 2 is 1.77 bits per heavy atom. The number of halogens is 1. The highest BCUT2D eigenvalue weighted by atomic mass is 19.1. The van der Waals surface area contributed by atoms with Gasteiger partial charge in [-0.25, -0.2) is 4.39 Å². The fraction of sp³-hybridized carbons (Fsp3) is 0.278. The molecular formula is C18H21FN2O. The smallest absolute Gasteiger partial charge is 0.224 e. The lowest BCUT2D eigenvalue weighted by Crippen LogP contribution is -2.40. The number of carbonyl (C=O) groups is 1. The maximum atomic E-state index is 13.5. The molecule has 22 heavy (non-hydrogen) atoms. The average Bonchev–Trinajstić information content (AvgIpc) is 2.55. The first kappa shape index (κ1) is 16.0. The molecule has 0 aromatic heterocycles. The van der Waals surface area contributed by atoms with E-state index in [1.54, 1.807) is 18.2 Å². The minimum atomic E-state index is -0.341. The summed E-state index contributed by atoms with van der Waals surface area (Å²) in [6, 6.07) is 16.5. The summed E-state index contributed by atoms with van der Waals surface area (Å²) in [5.74, 6) is -0.509. The largest absolute Gasteiger partial charge is 0.370 e. The first-order valence-electron chi connectivity index (χ1n) is 7.36. The molecule has 3 nitrogen and oxygen atoms in total. The summed E-state index contributed by atoms with van der Waals surface area (Å²) in [6.07, 6.45) is 0.0639. The maximum Gasteiger partial charge on any atom is 0.224 e. The second-order valence-electron chi connectivity index (χ2n) is 5.37. The number of nitrogens with zero attached hydrogens (tertiary/aromatic N) is 1. The van der Waals surface area contributed by atoms with Crippen LogP contribution < -0.4 is 10.2 Å². The number of rotatable bonds is 6. The van der Waals surface area contributed by atoms with E-state index in [9.17, 15) is 9.18 Å². The van der Waals surface area contributed by atoms with Gasteiger partial charge in [0, 0.05) is 25.3 Å². The molecule has 1 amide bonds. The predicted octanol–water partition coefficient (Wildman–Crippen LogP) is 3.01. The van der Waals surface area contributed by atoms with Gasteiger partial charge in [-0.1, -0.05) is 36.4 Å². The number of carbonyl (C=O) groups excluding carboxylic acids is 1. The predicted molar refractivity (Wildman–Crippen MR) is 87.4 cm³/mol. The molecule has 0 spiro atoms. The van der Waals surface area contributed by atoms with Gasteiger partial charge in [0.25, 0.3) is 0 Å². The molecule has 4 heteroatoms. The van der Waals surface area contributed by atoms with Crippen LogP contribution >= 0.6 is 0 Å². The van der Waals surface area contributed by atoms with Crippen molar-refractivity contribution in [2.45, 2.75) is 19.4 Å². The van der Waals surface area contributed by atoms with Gasteiger partial charge in [0.05, 0.1) is 6.42 Å². The summed E-state index contributed by atoms with van der Waals surface area (Å²) < 4.78 is 13.5. The maximum absolute atomic E-state index is 13.5. The summed E-state index contributed by atoms with van der Waals surface area (Å²) in [6.45, 7) is 2.55. The Morgan fingerprint density at radius 3 is 2.45 bits per heavy atom. The molecular weight excluding hydrogens is 279 g/mol. The lowest BCUT2D eigenvalue weighted by atomic mass is 10.1. The van der Waals surface area contributed by atoms with Gasteiger partial charge in [-0.05, 0) is 30.7 Å². The molecule has 0 saturated heterocycles. The van der Waals surface area contributed by atoms with Gasteiger partial charge in [0.1, 0.15) is 5.82 Å². The van der Waals surface area contributed by atoms with Crippen molar-refractivity contribution in [3.63, 3.8) is 0 Å². The van der Waals surface area contributed by atoms with Crippen molar-refractivity contribution < 1.29 is 9.18 Å². The first-order valence-corrected chi connectivity index (χ1v) is 7.36. The molecule has 0 bridgehead atoms. The van der Waals surface area contributed by atoms with Crippen LogP contribution in [-0.4, -0.2) is 25.5 Å². The molecule has 1 atom stereocenters. The second kappa shape index (κ2) is 7.59. The van der Waals surface area contributed by atoms with E-state index in [2.05, 4.69) is 10.2 Å². The third-order valence-corrected chi connectivity index (χ3v) is 3.73. The van der Waals surface area contributed by atoms with E-state index < -0.39 is 0 Å². The number of anilines is 1. The summed E-state index contributed by atoms with van der Waals surface area (Å²) in [7, 11) is 1.99. The molecule has 0 unspecified atom stereocenters. The molecule has 0 radical (unpaired) electrons. The van der Waals surface area contributed by atoms with Crippen LogP contribution in [0.25, 0.3) is 0 Å². The Kier molecular flexibility index (Phi) is 5.53. The van der Waals surface area contributed by atoms with Gasteiger partial charge in [0.15, 0.2) is 0 Å². The minimum absolute atomic E-state index is 0.0639. The van der Waals surface area contributed by atoms with Crippen LogP contribution in [0.4, 0.5) is 10.1 Å². The Bertz CT molecular complexity index is 615. The first-order chi connectivity index (χ1) is 10.6. The van der Waals surface area contributed by atoms with Crippen LogP contribution in [0.5, 0.6) is 0 Å². The van der Waals surface area contributed by atoms with Crippen molar-refractivity contribution >= 4 is 11.6 Å². The van der Waals surface area contributed by atoms with Crippen molar-refractivity contribution in [3.8, 4) is 0 Å². The van der Waals surface area contributed by atoms with E-state index in [4.69, 9.17) is 0 Å². The zero-order valence-corrected chi connectivity index (χ0v) is 12.9. The Hall–Kier alpha value is -2.36. The third kappa shape index (κ3) is 4.32. The Balaban J connectivity index is 1.84. The van der Waals surface area contributed by atoms with Gasteiger partial charge in [-0.3, -0.25) is 4.79 Å². The SMILES string of the molecule is C[C@H](CNC(=O)Cc1ccccc1F)N(C)c1ccccc1. The number of benzene rings is 2. The van der Waals surface area contributed by atoms with E-state index in [1.807, 2.05) is 44.3 Å². The van der Waals surface area contributed by atoms with Crippen LogP contribution in [0.2, 0.25) is 0 Å². The summed E-state index contributed by atoms with van der Waals surface area (Å²) in [4.78, 5) is 14.0. The van der Waals surface area contributed by atoms with Gasteiger partial charge >= 0.3 is 0 Å². The minimum Gasteiger partial charge on any atom is -0.370 e. The molecule has 2 rings (SSSR count). The Morgan fingerprint density at radius 1 is 1.14 bits per heavy atom. The van der Waals surface area contributed by atoms with Crippen LogP contribution in [-0.2, 0) is 11.2 Å². The molecule has 116 valence electrons. The number of nitrogens with one attached hydrogen (secondary N) is 1. The molecule has 0 aliphatic carbocycles. The van der Waals surface area contributed by atoms with E-state index in [0.29, 0.717) is 12.1 Å². The standard InChI is InChI=1S/C18H21FN2O/c1-14(21(2)16-9-4-3-5-10-16)13-20-18(22)12-15-8-6-7-11-17(15)19/h3-11,14H,12-13H2,1-2H3,(H,20,22)/t14-/m1/s1. The summed E-state index contributed by atoms with van der Waals surface area (Å²) >= 11 is 0. The molecule has 2 aromatic carbocycles. The van der Waals surface area contributed by atoms with Crippen molar-refractivity contribution in [3.05, 3.63) is 66.0 Å². The number of hydrogen-bond acceptors (Lipinski definition) is 2. The zero-order chi connectivity index (χ0) is 15.9.